The Bertz CT molecular complexity index is 1640. The summed E-state index contributed by atoms with van der Waals surface area (Å²) in [6.07, 6.45) is 3.06. The normalized spacial score (nSPS) is 14.5. The molecule has 9 nitrogen and oxygen atoms in total. The molecule has 2 aromatic carbocycles. The van der Waals surface area contributed by atoms with E-state index >= 15 is 0 Å². The van der Waals surface area contributed by atoms with Gasteiger partial charge in [0, 0.05) is 67.1 Å². The van der Waals surface area contributed by atoms with Gasteiger partial charge in [0.05, 0.1) is 40.8 Å². The van der Waals surface area contributed by atoms with E-state index in [0.717, 1.165) is 17.5 Å². The summed E-state index contributed by atoms with van der Waals surface area (Å²) in [7, 11) is 1.61. The number of aliphatic hydroxyl groups is 1. The number of hydrogen-bond donors (Lipinski definition) is 5. The number of halogens is 3. The van der Waals surface area contributed by atoms with Gasteiger partial charge in [0.2, 0.25) is 5.91 Å². The third-order valence-corrected chi connectivity index (χ3v) is 8.07. The molecular formula is C32H33Cl2FN6O3. The number of hydrogen-bond acceptors (Lipinski definition) is 8. The number of benzene rings is 2. The average molecular weight is 640 g/mol. The first-order valence-corrected chi connectivity index (χ1v) is 15.0. The summed E-state index contributed by atoms with van der Waals surface area (Å²) >= 11 is 13.8. The molecule has 2 aromatic heterocycles. The third-order valence-electron chi connectivity index (χ3n) is 7.28. The van der Waals surface area contributed by atoms with Crippen molar-refractivity contribution in [1.82, 2.24) is 25.9 Å². The van der Waals surface area contributed by atoms with Crippen LogP contribution < -0.4 is 26.0 Å². The first-order chi connectivity index (χ1) is 21.4. The summed E-state index contributed by atoms with van der Waals surface area (Å²) in [5.41, 5.74) is 4.65. The molecule has 1 aliphatic heterocycles. The van der Waals surface area contributed by atoms with Gasteiger partial charge < -0.3 is 31.1 Å². The highest BCUT2D eigenvalue weighted by atomic mass is 35.5. The maximum Gasteiger partial charge on any atom is 0.220 e. The Kier molecular flexibility index (Phi) is 10.6. The summed E-state index contributed by atoms with van der Waals surface area (Å²) in [5, 5.41) is 22.1. The number of amides is 1. The van der Waals surface area contributed by atoms with Crippen molar-refractivity contribution >= 4 is 40.6 Å². The number of nitrogens with one attached hydrogen (secondary N) is 4. The molecule has 1 saturated heterocycles. The molecule has 5 rings (SSSR count). The van der Waals surface area contributed by atoms with Crippen molar-refractivity contribution in [2.45, 2.75) is 32.0 Å². The number of methoxy groups -OCH3 is 1. The van der Waals surface area contributed by atoms with E-state index in [0.29, 0.717) is 76.6 Å². The van der Waals surface area contributed by atoms with E-state index in [1.807, 2.05) is 24.3 Å². The first kappa shape index (κ1) is 31.6. The lowest BCUT2D eigenvalue weighted by Gasteiger charge is -2.16. The van der Waals surface area contributed by atoms with E-state index in [1.54, 1.807) is 37.6 Å². The maximum atomic E-state index is 14.7. The molecule has 4 aromatic rings. The number of rotatable bonds is 13. The van der Waals surface area contributed by atoms with Gasteiger partial charge >= 0.3 is 0 Å². The topological polar surface area (TPSA) is 120 Å². The Morgan fingerprint density at radius 3 is 2.68 bits per heavy atom. The average Bonchev–Trinajstić information content (AvgIpc) is 3.45. The van der Waals surface area contributed by atoms with Crippen LogP contribution in [-0.2, 0) is 17.9 Å². The number of nitrogens with zero attached hydrogens (tertiary/aromatic N) is 2. The van der Waals surface area contributed by atoms with Crippen LogP contribution in [0.2, 0.25) is 10.0 Å². The van der Waals surface area contributed by atoms with Crippen molar-refractivity contribution in [3.63, 3.8) is 0 Å². The van der Waals surface area contributed by atoms with Gasteiger partial charge in [0.1, 0.15) is 5.75 Å². The molecule has 1 aliphatic rings. The van der Waals surface area contributed by atoms with Crippen LogP contribution in [-0.4, -0.2) is 53.8 Å². The SMILES string of the molecule is COc1cc(-c2nccc(-c3cccc(Nc4nc(CNCCO)ccc4F)c3Cl)c2Cl)ccc1CNCC1CCC(=O)N1. The van der Waals surface area contributed by atoms with E-state index in [-0.39, 0.29) is 24.4 Å². The van der Waals surface area contributed by atoms with E-state index in [2.05, 4.69) is 31.2 Å². The molecule has 5 N–H and O–H groups in total. The molecule has 44 heavy (non-hydrogen) atoms. The lowest BCUT2D eigenvalue weighted by molar-refractivity contribution is -0.119. The highest BCUT2D eigenvalue weighted by molar-refractivity contribution is 6.39. The fourth-order valence-electron chi connectivity index (χ4n) is 5.03. The summed E-state index contributed by atoms with van der Waals surface area (Å²) in [4.78, 5) is 20.4. The molecular weight excluding hydrogens is 606 g/mol. The van der Waals surface area contributed by atoms with Crippen molar-refractivity contribution in [1.29, 1.82) is 0 Å². The van der Waals surface area contributed by atoms with Crippen molar-refractivity contribution in [3.8, 4) is 28.1 Å². The van der Waals surface area contributed by atoms with E-state index in [1.165, 1.54) is 6.07 Å². The fraction of sp³-hybridized carbons (Fsp3) is 0.281. The van der Waals surface area contributed by atoms with Crippen LogP contribution in [0.25, 0.3) is 22.4 Å². The Morgan fingerprint density at radius 1 is 1.07 bits per heavy atom. The molecule has 1 unspecified atom stereocenters. The minimum absolute atomic E-state index is 0.00635. The van der Waals surface area contributed by atoms with E-state index in [9.17, 15) is 9.18 Å². The number of pyridine rings is 2. The lowest BCUT2D eigenvalue weighted by atomic mass is 10.0. The van der Waals surface area contributed by atoms with Gasteiger partial charge in [-0.05, 0) is 36.8 Å². The molecule has 0 spiro atoms. The highest BCUT2D eigenvalue weighted by Gasteiger charge is 2.21. The second-order valence-electron chi connectivity index (χ2n) is 10.3. The second kappa shape index (κ2) is 14.8. The summed E-state index contributed by atoms with van der Waals surface area (Å²) in [5.74, 6) is 0.277. The Balaban J connectivity index is 1.36. The van der Waals surface area contributed by atoms with Gasteiger partial charge in [-0.3, -0.25) is 9.78 Å². The highest BCUT2D eigenvalue weighted by Crippen LogP contribution is 2.41. The Hall–Kier alpha value is -3.80. The summed E-state index contributed by atoms with van der Waals surface area (Å²) in [6.45, 7) is 2.02. The van der Waals surface area contributed by atoms with Gasteiger partial charge in [-0.1, -0.05) is 47.5 Å². The van der Waals surface area contributed by atoms with Gasteiger partial charge in [-0.15, -0.1) is 0 Å². The van der Waals surface area contributed by atoms with Crippen LogP contribution in [0.1, 0.15) is 24.1 Å². The molecule has 12 heteroatoms. The van der Waals surface area contributed by atoms with Crippen molar-refractivity contribution < 1.29 is 19.0 Å². The minimum atomic E-state index is -0.528. The Labute approximate surface area is 265 Å². The molecule has 230 valence electrons. The first-order valence-electron chi connectivity index (χ1n) is 14.2. The van der Waals surface area contributed by atoms with Crippen molar-refractivity contribution in [3.05, 3.63) is 87.9 Å². The van der Waals surface area contributed by atoms with Crippen LogP contribution in [0.3, 0.4) is 0 Å². The van der Waals surface area contributed by atoms with Crippen LogP contribution in [0.15, 0.2) is 60.8 Å². The number of carbonyl (C=O) groups is 1. The van der Waals surface area contributed by atoms with E-state index in [4.69, 9.17) is 33.0 Å². The molecule has 1 atom stereocenters. The molecule has 1 fully saturated rings. The number of ether oxygens (including phenoxy) is 1. The molecule has 0 bridgehead atoms. The number of aromatic nitrogens is 2. The molecule has 3 heterocycles. The van der Waals surface area contributed by atoms with Crippen LogP contribution in [0.5, 0.6) is 5.75 Å². The van der Waals surface area contributed by atoms with Crippen LogP contribution in [0.4, 0.5) is 15.9 Å². The van der Waals surface area contributed by atoms with Crippen molar-refractivity contribution in [2.75, 3.05) is 32.1 Å². The molecule has 0 aliphatic carbocycles. The fourth-order valence-corrected chi connectivity index (χ4v) is 5.63. The number of anilines is 2. The predicted molar refractivity (Wildman–Crippen MR) is 171 cm³/mol. The minimum Gasteiger partial charge on any atom is -0.496 e. The number of aliphatic hydroxyl groups excluding tert-OH is 1. The van der Waals surface area contributed by atoms with Crippen LogP contribution in [0, 0.1) is 5.82 Å². The van der Waals surface area contributed by atoms with Gasteiger partial charge in [-0.25, -0.2) is 9.37 Å². The summed E-state index contributed by atoms with van der Waals surface area (Å²) < 4.78 is 20.3. The molecule has 0 radical (unpaired) electrons. The zero-order chi connectivity index (χ0) is 31.1. The third kappa shape index (κ3) is 7.46. The van der Waals surface area contributed by atoms with Crippen molar-refractivity contribution in [2.24, 2.45) is 0 Å². The maximum absolute atomic E-state index is 14.7. The standard InChI is InChI=1S/C32H33Cl2FN6O3/c1-44-27-15-19(5-6-20(27)16-37-18-21-8-10-28(43)39-21)31-30(34)24(11-12-38-31)23-3-2-4-26(29(23)33)41-32-25(35)9-7-22(40-32)17-36-13-14-42/h2-7,9,11-12,15,21,36-37,42H,8,10,13-14,16-18H2,1H3,(H,39,43)(H,40,41). The zero-order valence-electron chi connectivity index (χ0n) is 24.1. The van der Waals surface area contributed by atoms with Crippen LogP contribution >= 0.6 is 23.2 Å². The van der Waals surface area contributed by atoms with Gasteiger partial charge in [0.15, 0.2) is 11.6 Å². The quantitative estimate of drug-likeness (QED) is 0.123. The smallest absolute Gasteiger partial charge is 0.220 e. The van der Waals surface area contributed by atoms with Gasteiger partial charge in [0.25, 0.3) is 0 Å². The predicted octanol–water partition coefficient (Wildman–Crippen LogP) is 5.46. The second-order valence-corrected chi connectivity index (χ2v) is 11.1. The van der Waals surface area contributed by atoms with E-state index < -0.39 is 5.82 Å². The van der Waals surface area contributed by atoms with Gasteiger partial charge in [-0.2, -0.15) is 0 Å². The monoisotopic (exact) mass is 638 g/mol. The number of carbonyl (C=O) groups excluding carboxylic acids is 1. The lowest BCUT2D eigenvalue weighted by Crippen LogP contribution is -2.35. The molecule has 0 saturated carbocycles. The largest absolute Gasteiger partial charge is 0.496 e. The zero-order valence-corrected chi connectivity index (χ0v) is 25.6. The summed E-state index contributed by atoms with van der Waals surface area (Å²) in [6, 6.07) is 16.0. The Morgan fingerprint density at radius 2 is 1.91 bits per heavy atom. The molecule has 1 amide bonds.